The molecule has 0 saturated heterocycles. The van der Waals surface area contributed by atoms with Crippen LogP contribution in [0.5, 0.6) is 0 Å². The zero-order chi connectivity index (χ0) is 37.7. The van der Waals surface area contributed by atoms with Gasteiger partial charge in [-0.1, -0.05) is 165 Å². The van der Waals surface area contributed by atoms with Gasteiger partial charge < -0.3 is 4.42 Å². The molecule has 3 heterocycles. The van der Waals surface area contributed by atoms with Crippen molar-refractivity contribution in [1.29, 1.82) is 0 Å². The maximum absolute atomic E-state index is 6.65. The topological polar surface area (TPSA) is 43.9 Å². The van der Waals surface area contributed by atoms with Gasteiger partial charge in [0.05, 0.1) is 21.8 Å². The minimum atomic E-state index is -0.452. The van der Waals surface area contributed by atoms with E-state index < -0.39 is 5.41 Å². The van der Waals surface area contributed by atoms with Crippen LogP contribution in [-0.4, -0.2) is 14.5 Å². The molecule has 12 rings (SSSR count). The van der Waals surface area contributed by atoms with Crippen molar-refractivity contribution in [2.75, 3.05) is 0 Å². The number of nitrogens with zero attached hydrogens (tertiary/aromatic N) is 3. The van der Waals surface area contributed by atoms with Gasteiger partial charge in [-0.15, -0.1) is 0 Å². The Bertz CT molecular complexity index is 3240. The normalized spacial score (nSPS) is 18.4. The second kappa shape index (κ2) is 12.2. The summed E-state index contributed by atoms with van der Waals surface area (Å²) in [5, 5.41) is 6.66. The Morgan fingerprint density at radius 3 is 2.04 bits per heavy atom. The molecule has 0 radical (unpaired) electrons. The van der Waals surface area contributed by atoms with Crippen LogP contribution in [0.25, 0.3) is 71.9 Å². The van der Waals surface area contributed by atoms with Crippen molar-refractivity contribution in [3.05, 3.63) is 210 Å². The summed E-state index contributed by atoms with van der Waals surface area (Å²) in [6.45, 7) is 2.42. The summed E-state index contributed by atoms with van der Waals surface area (Å²) < 4.78 is 8.98. The van der Waals surface area contributed by atoms with Gasteiger partial charge in [0.15, 0.2) is 11.6 Å². The number of para-hydroxylation sites is 2. The summed E-state index contributed by atoms with van der Waals surface area (Å²) in [6, 6.07) is 59.2. The van der Waals surface area contributed by atoms with E-state index in [9.17, 15) is 0 Å². The zero-order valence-corrected chi connectivity index (χ0v) is 31.4. The average molecular weight is 732 g/mol. The highest BCUT2D eigenvalue weighted by Gasteiger charge is 2.51. The van der Waals surface area contributed by atoms with Crippen LogP contribution in [0.4, 0.5) is 0 Å². The van der Waals surface area contributed by atoms with Crippen molar-refractivity contribution < 1.29 is 4.42 Å². The number of furan rings is 1. The predicted molar refractivity (Wildman–Crippen MR) is 233 cm³/mol. The van der Waals surface area contributed by atoms with Gasteiger partial charge in [0.1, 0.15) is 5.58 Å². The Balaban J connectivity index is 1.18. The van der Waals surface area contributed by atoms with Crippen molar-refractivity contribution in [2.45, 2.75) is 18.3 Å². The molecule has 2 aliphatic carbocycles. The first-order chi connectivity index (χ1) is 28.2. The zero-order valence-electron chi connectivity index (χ0n) is 31.4. The summed E-state index contributed by atoms with van der Waals surface area (Å²) in [5.41, 5.74) is 9.26. The highest BCUT2D eigenvalue weighted by Crippen LogP contribution is 2.58. The lowest BCUT2D eigenvalue weighted by Crippen LogP contribution is -2.46. The Hall–Kier alpha value is -7.04. The monoisotopic (exact) mass is 731 g/mol. The fraction of sp³-hybridized carbons (Fsp3) is 0.0943. The molecule has 10 aromatic rings. The summed E-state index contributed by atoms with van der Waals surface area (Å²) in [5.74, 6) is 2.27. The number of aromatic nitrogens is 3. The number of fused-ring (bicyclic) bond motifs is 11. The van der Waals surface area contributed by atoms with Crippen LogP contribution in [0, 0.1) is 11.8 Å². The maximum atomic E-state index is 6.65. The molecule has 0 saturated carbocycles. The van der Waals surface area contributed by atoms with Crippen molar-refractivity contribution in [3.8, 4) is 17.2 Å². The fourth-order valence-electron chi connectivity index (χ4n) is 10.4. The molecular weight excluding hydrogens is 695 g/mol. The largest absolute Gasteiger partial charge is 0.437 e. The van der Waals surface area contributed by atoms with E-state index >= 15 is 0 Å². The smallest absolute Gasteiger partial charge is 0.233 e. The lowest BCUT2D eigenvalue weighted by atomic mass is 9.51. The van der Waals surface area contributed by atoms with Crippen LogP contribution in [-0.2, 0) is 5.41 Å². The lowest BCUT2D eigenvalue weighted by molar-refractivity contribution is 0.276. The first-order valence-electron chi connectivity index (χ1n) is 19.9. The van der Waals surface area contributed by atoms with Crippen molar-refractivity contribution in [2.24, 2.45) is 11.8 Å². The molecule has 0 aliphatic heterocycles. The molecular formula is C53H37N3O. The van der Waals surface area contributed by atoms with Gasteiger partial charge in [0.2, 0.25) is 5.71 Å². The van der Waals surface area contributed by atoms with Gasteiger partial charge in [-0.05, 0) is 75.2 Å². The van der Waals surface area contributed by atoms with E-state index in [1.54, 1.807) is 0 Å². The van der Waals surface area contributed by atoms with Crippen LogP contribution >= 0.6 is 0 Å². The number of rotatable bonds is 4. The van der Waals surface area contributed by atoms with Gasteiger partial charge >= 0.3 is 0 Å². The SMILES string of the molecule is C[C@H]1C2C=CC=CC1C(c1ccccc1)(c1ccccc1)c1cc(-c3nc(-n4c5ccccc5c5cc6ccccc6cc54)c4c(n3)oc3ccccc34)ccc12. The number of allylic oxidation sites excluding steroid dienone is 4. The molecule has 0 spiro atoms. The Morgan fingerprint density at radius 1 is 0.579 bits per heavy atom. The van der Waals surface area contributed by atoms with Crippen LogP contribution in [0.2, 0.25) is 0 Å². The second-order valence-electron chi connectivity index (χ2n) is 15.7. The molecule has 270 valence electrons. The summed E-state index contributed by atoms with van der Waals surface area (Å²) in [4.78, 5) is 10.9. The van der Waals surface area contributed by atoms with Crippen LogP contribution in [0.1, 0.15) is 35.1 Å². The third-order valence-corrected chi connectivity index (χ3v) is 12.9. The Morgan fingerprint density at radius 2 is 1.25 bits per heavy atom. The summed E-state index contributed by atoms with van der Waals surface area (Å²) >= 11 is 0. The third-order valence-electron chi connectivity index (χ3n) is 12.9. The van der Waals surface area contributed by atoms with E-state index in [-0.39, 0.29) is 11.8 Å². The molecule has 2 unspecified atom stereocenters. The highest BCUT2D eigenvalue weighted by atomic mass is 16.3. The number of hydrogen-bond acceptors (Lipinski definition) is 3. The van der Waals surface area contributed by atoms with Crippen molar-refractivity contribution in [3.63, 3.8) is 0 Å². The molecule has 3 aromatic heterocycles. The molecule has 0 amide bonds. The van der Waals surface area contributed by atoms with Gasteiger partial charge in [-0.25, -0.2) is 4.98 Å². The Labute approximate surface area is 330 Å². The van der Waals surface area contributed by atoms with E-state index in [0.717, 1.165) is 38.8 Å². The molecule has 4 nitrogen and oxygen atoms in total. The van der Waals surface area contributed by atoms with Crippen molar-refractivity contribution >= 4 is 54.6 Å². The molecule has 3 atom stereocenters. The molecule has 2 bridgehead atoms. The molecule has 57 heavy (non-hydrogen) atoms. The summed E-state index contributed by atoms with van der Waals surface area (Å²) in [7, 11) is 0. The van der Waals surface area contributed by atoms with E-state index in [0.29, 0.717) is 17.5 Å². The average Bonchev–Trinajstić information content (AvgIpc) is 3.75. The first kappa shape index (κ1) is 32.2. The molecule has 4 heteroatoms. The minimum absolute atomic E-state index is 0.201. The maximum Gasteiger partial charge on any atom is 0.233 e. The van der Waals surface area contributed by atoms with E-state index in [1.807, 2.05) is 12.1 Å². The summed E-state index contributed by atoms with van der Waals surface area (Å²) in [6.07, 6.45) is 9.33. The highest BCUT2D eigenvalue weighted by molar-refractivity contribution is 6.16. The molecule has 7 aromatic carbocycles. The lowest BCUT2D eigenvalue weighted by Gasteiger charge is -2.51. The third kappa shape index (κ3) is 4.55. The van der Waals surface area contributed by atoms with Gasteiger partial charge in [-0.2, -0.15) is 4.98 Å². The first-order valence-corrected chi connectivity index (χ1v) is 19.9. The number of benzene rings is 7. The van der Waals surface area contributed by atoms with E-state index in [4.69, 9.17) is 14.4 Å². The molecule has 0 N–H and O–H groups in total. The number of hydrogen-bond donors (Lipinski definition) is 0. The predicted octanol–water partition coefficient (Wildman–Crippen LogP) is 13.1. The minimum Gasteiger partial charge on any atom is -0.437 e. The van der Waals surface area contributed by atoms with Gasteiger partial charge in [0.25, 0.3) is 0 Å². The van der Waals surface area contributed by atoms with Crippen LogP contribution in [0.3, 0.4) is 0 Å². The van der Waals surface area contributed by atoms with Gasteiger partial charge in [-0.3, -0.25) is 4.57 Å². The second-order valence-corrected chi connectivity index (χ2v) is 15.7. The fourth-order valence-corrected chi connectivity index (χ4v) is 10.4. The Kier molecular flexibility index (Phi) is 6.91. The molecule has 0 fully saturated rings. The standard InChI is InChI=1S/C53H37N3O/c1-33-39-22-10-13-25-44(33)53(37-18-4-2-5-19-37,38-20-6-3-7-21-38)45-31-36(28-29-40(39)45)50-54-51(49-42-24-12-15-27-48(42)57-52(49)55-50)56-46-26-14-11-23-41(46)43-30-34-16-8-9-17-35(34)32-47(43)56/h2-33,39,44H,1H3/t33-,39?,44?/m0/s1. The van der Waals surface area contributed by atoms with E-state index in [1.165, 1.54) is 43.8 Å². The van der Waals surface area contributed by atoms with Crippen LogP contribution < -0.4 is 0 Å². The molecule has 2 aliphatic rings. The van der Waals surface area contributed by atoms with Crippen molar-refractivity contribution in [1.82, 2.24) is 14.5 Å². The van der Waals surface area contributed by atoms with Gasteiger partial charge in [0, 0.05) is 27.6 Å². The quantitative estimate of drug-likeness (QED) is 0.181. The van der Waals surface area contributed by atoms with Crippen LogP contribution in [0.15, 0.2) is 193 Å². The van der Waals surface area contributed by atoms with E-state index in [2.05, 4.69) is 187 Å².